The zero-order valence-electron chi connectivity index (χ0n) is 33.1. The van der Waals surface area contributed by atoms with E-state index in [1.165, 1.54) is 48.0 Å². The van der Waals surface area contributed by atoms with Crippen molar-refractivity contribution < 1.29 is 0 Å². The van der Waals surface area contributed by atoms with Gasteiger partial charge in [-0.1, -0.05) is 194 Å². The molecule has 0 saturated carbocycles. The molecule has 4 heteroatoms. The Morgan fingerprint density at radius 1 is 0.262 bits per heavy atom. The fraction of sp³-hybridized carbons (Fsp3) is 0. The summed E-state index contributed by atoms with van der Waals surface area (Å²) in [5.74, 6) is 1.88. The summed E-state index contributed by atoms with van der Waals surface area (Å²) in [6.45, 7) is 0. The van der Waals surface area contributed by atoms with Gasteiger partial charge in [-0.05, 0) is 86.0 Å². The zero-order chi connectivity index (χ0) is 40.5. The lowest BCUT2D eigenvalue weighted by molar-refractivity contribution is 1.07. The van der Waals surface area contributed by atoms with Crippen LogP contribution in [-0.4, -0.2) is 15.0 Å². The van der Waals surface area contributed by atoms with Crippen molar-refractivity contribution in [1.29, 1.82) is 0 Å². The third-order valence-corrected chi connectivity index (χ3v) is 12.5. The Morgan fingerprint density at radius 2 is 0.656 bits per heavy atom. The number of aromatic nitrogens is 3. The van der Waals surface area contributed by atoms with Crippen LogP contribution in [0.3, 0.4) is 0 Å². The van der Waals surface area contributed by atoms with Crippen molar-refractivity contribution in [3.05, 3.63) is 224 Å². The molecular formula is C57H37N3S. The van der Waals surface area contributed by atoms with Crippen molar-refractivity contribution in [1.82, 2.24) is 15.0 Å². The summed E-state index contributed by atoms with van der Waals surface area (Å²) >= 11 is 1.86. The lowest BCUT2D eigenvalue weighted by atomic mass is 9.93. The Hall–Kier alpha value is -7.79. The predicted octanol–water partition coefficient (Wildman–Crippen LogP) is 15.6. The third kappa shape index (κ3) is 7.09. The molecule has 0 aliphatic rings. The van der Waals surface area contributed by atoms with Gasteiger partial charge in [0.1, 0.15) is 0 Å². The first-order valence-electron chi connectivity index (χ1n) is 20.5. The molecule has 11 rings (SSSR count). The molecule has 0 fully saturated rings. The van der Waals surface area contributed by atoms with Gasteiger partial charge in [0.05, 0.1) is 0 Å². The highest BCUT2D eigenvalue weighted by Crippen LogP contribution is 2.46. The number of fused-ring (bicyclic) bond motifs is 3. The van der Waals surface area contributed by atoms with Crippen molar-refractivity contribution in [3.8, 4) is 89.8 Å². The van der Waals surface area contributed by atoms with E-state index in [9.17, 15) is 0 Å². The van der Waals surface area contributed by atoms with E-state index >= 15 is 0 Å². The second kappa shape index (κ2) is 15.8. The highest BCUT2D eigenvalue weighted by Gasteiger charge is 2.18. The summed E-state index contributed by atoms with van der Waals surface area (Å²) in [6.07, 6.45) is 0. The van der Waals surface area contributed by atoms with E-state index in [0.717, 1.165) is 44.5 Å². The number of hydrogen-bond acceptors (Lipinski definition) is 4. The fourth-order valence-electron chi connectivity index (χ4n) is 8.32. The van der Waals surface area contributed by atoms with E-state index in [0.29, 0.717) is 17.5 Å². The summed E-state index contributed by atoms with van der Waals surface area (Å²) in [7, 11) is 0. The second-order valence-electron chi connectivity index (χ2n) is 15.2. The highest BCUT2D eigenvalue weighted by molar-refractivity contribution is 7.26. The molecule has 0 amide bonds. The van der Waals surface area contributed by atoms with Gasteiger partial charge in [-0.15, -0.1) is 11.3 Å². The SMILES string of the molecule is c1ccc(-c2cccc(-c3nc(-c4cccc(-c5ccccc5)c4)nc(-c4cccc(-c5cccc6c5sc5cc(-c7ccccc7)cc(-c7ccccc7)c56)c4)n3)c2)cc1. The molecule has 9 aromatic carbocycles. The summed E-state index contributed by atoms with van der Waals surface area (Å²) in [5, 5.41) is 2.54. The molecule has 0 atom stereocenters. The fourth-order valence-corrected chi connectivity index (χ4v) is 9.63. The van der Waals surface area contributed by atoms with Gasteiger partial charge in [-0.3, -0.25) is 0 Å². The molecule has 3 nitrogen and oxygen atoms in total. The van der Waals surface area contributed by atoms with Crippen LogP contribution in [0.1, 0.15) is 0 Å². The molecule has 286 valence electrons. The minimum Gasteiger partial charge on any atom is -0.208 e. The molecule has 0 spiro atoms. The number of hydrogen-bond donors (Lipinski definition) is 0. The minimum atomic E-state index is 0.625. The van der Waals surface area contributed by atoms with Crippen LogP contribution in [-0.2, 0) is 0 Å². The molecule has 0 aliphatic heterocycles. The maximum Gasteiger partial charge on any atom is 0.164 e. The summed E-state index contributed by atoms with van der Waals surface area (Å²) in [6, 6.07) is 79.3. The van der Waals surface area contributed by atoms with Crippen LogP contribution in [0.15, 0.2) is 224 Å². The molecule has 2 aromatic heterocycles. The van der Waals surface area contributed by atoms with Gasteiger partial charge in [0.25, 0.3) is 0 Å². The minimum absolute atomic E-state index is 0.625. The van der Waals surface area contributed by atoms with Crippen LogP contribution in [0, 0.1) is 0 Å². The molecule has 61 heavy (non-hydrogen) atoms. The molecular weight excluding hydrogens is 759 g/mol. The lowest BCUT2D eigenvalue weighted by Gasteiger charge is -2.12. The normalized spacial score (nSPS) is 11.3. The first kappa shape index (κ1) is 36.3. The summed E-state index contributed by atoms with van der Waals surface area (Å²) in [5.41, 5.74) is 14.5. The molecule has 0 aliphatic carbocycles. The maximum atomic E-state index is 5.21. The van der Waals surface area contributed by atoms with Gasteiger partial charge in [0.2, 0.25) is 0 Å². The van der Waals surface area contributed by atoms with Crippen molar-refractivity contribution in [2.24, 2.45) is 0 Å². The van der Waals surface area contributed by atoms with Crippen molar-refractivity contribution in [3.63, 3.8) is 0 Å². The Kier molecular flexibility index (Phi) is 9.38. The first-order valence-corrected chi connectivity index (χ1v) is 21.3. The Morgan fingerprint density at radius 3 is 1.16 bits per heavy atom. The van der Waals surface area contributed by atoms with Crippen molar-refractivity contribution in [2.75, 3.05) is 0 Å². The van der Waals surface area contributed by atoms with E-state index in [4.69, 9.17) is 15.0 Å². The van der Waals surface area contributed by atoms with E-state index in [1.54, 1.807) is 0 Å². The van der Waals surface area contributed by atoms with Crippen molar-refractivity contribution >= 4 is 31.5 Å². The molecule has 0 radical (unpaired) electrons. The van der Waals surface area contributed by atoms with Gasteiger partial charge in [0.15, 0.2) is 17.5 Å². The standard InChI is InChI=1S/C57H37N3S/c1-5-17-38(18-6-1)42-25-13-28-45(33-42)55-58-56(46-29-14-26-43(34-46)39-19-7-2-8-20-39)60-57(59-55)47-30-15-27-44(35-47)49-31-16-32-50-53-51(41-23-11-4-12-24-41)36-48(37-52(53)61-54(49)50)40-21-9-3-10-22-40/h1-37H. The van der Waals surface area contributed by atoms with Crippen LogP contribution in [0.25, 0.3) is 110 Å². The largest absolute Gasteiger partial charge is 0.208 e. The Balaban J connectivity index is 1.07. The molecule has 11 aromatic rings. The molecule has 0 unspecified atom stereocenters. The first-order chi connectivity index (χ1) is 30.2. The van der Waals surface area contributed by atoms with Gasteiger partial charge in [0, 0.05) is 36.9 Å². The second-order valence-corrected chi connectivity index (χ2v) is 16.2. The van der Waals surface area contributed by atoms with Gasteiger partial charge in [-0.25, -0.2) is 15.0 Å². The quantitative estimate of drug-likeness (QED) is 0.154. The van der Waals surface area contributed by atoms with E-state index in [1.807, 2.05) is 23.5 Å². The average molecular weight is 796 g/mol. The number of thiophene rings is 1. The van der Waals surface area contributed by atoms with Gasteiger partial charge >= 0.3 is 0 Å². The summed E-state index contributed by atoms with van der Waals surface area (Å²) < 4.78 is 2.52. The smallest absolute Gasteiger partial charge is 0.164 e. The van der Waals surface area contributed by atoms with E-state index < -0.39 is 0 Å². The number of benzene rings is 9. The molecule has 0 saturated heterocycles. The molecule has 0 N–H and O–H groups in total. The Bertz CT molecular complexity index is 3240. The van der Waals surface area contributed by atoms with Crippen molar-refractivity contribution in [2.45, 2.75) is 0 Å². The summed E-state index contributed by atoms with van der Waals surface area (Å²) in [4.78, 5) is 15.6. The van der Waals surface area contributed by atoms with Crippen LogP contribution >= 0.6 is 11.3 Å². The Labute approximate surface area is 359 Å². The predicted molar refractivity (Wildman–Crippen MR) is 256 cm³/mol. The van der Waals surface area contributed by atoms with Crippen LogP contribution in [0.4, 0.5) is 0 Å². The van der Waals surface area contributed by atoms with E-state index in [2.05, 4.69) is 212 Å². The number of nitrogens with zero attached hydrogens (tertiary/aromatic N) is 3. The van der Waals surface area contributed by atoms with Crippen LogP contribution in [0.5, 0.6) is 0 Å². The van der Waals surface area contributed by atoms with Gasteiger partial charge < -0.3 is 0 Å². The van der Waals surface area contributed by atoms with Crippen LogP contribution < -0.4 is 0 Å². The molecule has 0 bridgehead atoms. The third-order valence-electron chi connectivity index (χ3n) is 11.3. The zero-order valence-corrected chi connectivity index (χ0v) is 33.9. The maximum absolute atomic E-state index is 5.21. The number of rotatable bonds is 8. The highest BCUT2D eigenvalue weighted by atomic mass is 32.1. The van der Waals surface area contributed by atoms with Crippen LogP contribution in [0.2, 0.25) is 0 Å². The van der Waals surface area contributed by atoms with Gasteiger partial charge in [-0.2, -0.15) is 0 Å². The van der Waals surface area contributed by atoms with E-state index in [-0.39, 0.29) is 0 Å². The monoisotopic (exact) mass is 795 g/mol. The lowest BCUT2D eigenvalue weighted by Crippen LogP contribution is -2.00. The topological polar surface area (TPSA) is 38.7 Å². The average Bonchev–Trinajstić information content (AvgIpc) is 3.74. The molecule has 2 heterocycles.